The quantitative estimate of drug-likeness (QED) is 0.243. The molecule has 1 aliphatic heterocycles. The highest BCUT2D eigenvalue weighted by atomic mass is 19.1. The van der Waals surface area contributed by atoms with Crippen molar-refractivity contribution in [1.29, 1.82) is 0 Å². The summed E-state index contributed by atoms with van der Waals surface area (Å²) < 4.78 is 19.8. The van der Waals surface area contributed by atoms with Gasteiger partial charge in [-0.25, -0.2) is 9.37 Å². The van der Waals surface area contributed by atoms with Gasteiger partial charge in [-0.3, -0.25) is 14.2 Å². The lowest BCUT2D eigenvalue weighted by Crippen LogP contribution is -2.24. The Kier molecular flexibility index (Phi) is 7.07. The standard InChI is InChI=1S/C29H26FN3O4/c1-36-28(34)10-6-5-9-27-31-25-17-20(24-18-26(37-32-24)19-7-3-2-4-8-19)11-16-23(25)29(35)33(27)22-14-12-21(30)13-15-22/h2-4,7-8,11-17,26H,5-6,9-10,18H2,1H3. The smallest absolute Gasteiger partial charge is 0.305 e. The van der Waals surface area contributed by atoms with Crippen molar-refractivity contribution in [2.24, 2.45) is 5.16 Å². The van der Waals surface area contributed by atoms with Crippen LogP contribution in [0.1, 0.15) is 48.7 Å². The SMILES string of the molecule is COC(=O)CCCCc1nc2cc(C3=NOC(c4ccccc4)C3)ccc2c(=O)n1-c1ccc(F)cc1. The van der Waals surface area contributed by atoms with Gasteiger partial charge in [0, 0.05) is 24.8 Å². The lowest BCUT2D eigenvalue weighted by molar-refractivity contribution is -0.140. The van der Waals surface area contributed by atoms with Crippen molar-refractivity contribution < 1.29 is 18.8 Å². The highest BCUT2D eigenvalue weighted by molar-refractivity contribution is 6.03. The lowest BCUT2D eigenvalue weighted by atomic mass is 9.99. The van der Waals surface area contributed by atoms with E-state index < -0.39 is 0 Å². The van der Waals surface area contributed by atoms with Crippen molar-refractivity contribution in [3.05, 3.63) is 106 Å². The Hall–Kier alpha value is -4.33. The Morgan fingerprint density at radius 1 is 1.08 bits per heavy atom. The summed E-state index contributed by atoms with van der Waals surface area (Å²) >= 11 is 0. The number of aromatic nitrogens is 2. The molecular formula is C29H26FN3O4. The fourth-order valence-electron chi connectivity index (χ4n) is 4.48. The third-order valence-corrected chi connectivity index (χ3v) is 6.46. The first-order chi connectivity index (χ1) is 18.0. The van der Waals surface area contributed by atoms with E-state index in [-0.39, 0.29) is 29.9 Å². The van der Waals surface area contributed by atoms with Crippen LogP contribution in [0, 0.1) is 5.82 Å². The second kappa shape index (κ2) is 10.7. The summed E-state index contributed by atoms with van der Waals surface area (Å²) in [4.78, 5) is 35.6. The van der Waals surface area contributed by atoms with Crippen molar-refractivity contribution in [2.75, 3.05) is 7.11 Å². The number of aryl methyl sites for hydroxylation is 1. The van der Waals surface area contributed by atoms with Crippen LogP contribution in [0.15, 0.2) is 82.7 Å². The molecule has 0 N–H and O–H groups in total. The Bertz CT molecular complexity index is 1510. The summed E-state index contributed by atoms with van der Waals surface area (Å²) in [7, 11) is 1.36. The molecule has 0 saturated heterocycles. The predicted molar refractivity (Wildman–Crippen MR) is 138 cm³/mol. The van der Waals surface area contributed by atoms with Gasteiger partial charge in [0.15, 0.2) is 6.10 Å². The van der Waals surface area contributed by atoms with Gasteiger partial charge < -0.3 is 9.57 Å². The minimum absolute atomic E-state index is 0.156. The fourth-order valence-corrected chi connectivity index (χ4v) is 4.48. The van der Waals surface area contributed by atoms with Crippen molar-refractivity contribution in [2.45, 2.75) is 38.2 Å². The van der Waals surface area contributed by atoms with Gasteiger partial charge in [0.1, 0.15) is 11.6 Å². The summed E-state index contributed by atoms with van der Waals surface area (Å²) in [5.74, 6) is -0.124. The molecule has 0 spiro atoms. The van der Waals surface area contributed by atoms with Gasteiger partial charge in [0.2, 0.25) is 0 Å². The third kappa shape index (κ3) is 5.28. The van der Waals surface area contributed by atoms with Crippen molar-refractivity contribution in [3.8, 4) is 5.69 Å². The molecule has 1 aromatic heterocycles. The van der Waals surface area contributed by atoms with Gasteiger partial charge in [-0.15, -0.1) is 0 Å². The highest BCUT2D eigenvalue weighted by Crippen LogP contribution is 2.30. The molecule has 4 aromatic rings. The van der Waals surface area contributed by atoms with E-state index >= 15 is 0 Å². The number of methoxy groups -OCH3 is 1. The number of ether oxygens (including phenoxy) is 1. The number of rotatable bonds is 8. The number of carbonyl (C=O) groups is 1. The average Bonchev–Trinajstić information content (AvgIpc) is 3.42. The number of esters is 1. The molecule has 2 heterocycles. The number of hydrogen-bond donors (Lipinski definition) is 0. The van der Waals surface area contributed by atoms with E-state index in [2.05, 4.69) is 5.16 Å². The monoisotopic (exact) mass is 499 g/mol. The Balaban J connectivity index is 1.48. The topological polar surface area (TPSA) is 82.8 Å². The molecular weight excluding hydrogens is 473 g/mol. The maximum Gasteiger partial charge on any atom is 0.305 e. The van der Waals surface area contributed by atoms with Crippen LogP contribution in [0.4, 0.5) is 4.39 Å². The average molecular weight is 500 g/mol. The molecule has 0 bridgehead atoms. The van der Waals surface area contributed by atoms with E-state index in [1.807, 2.05) is 42.5 Å². The van der Waals surface area contributed by atoms with Crippen LogP contribution in [0.2, 0.25) is 0 Å². The van der Waals surface area contributed by atoms with Crippen molar-refractivity contribution in [1.82, 2.24) is 9.55 Å². The predicted octanol–water partition coefficient (Wildman–Crippen LogP) is 5.28. The number of fused-ring (bicyclic) bond motifs is 1. The maximum atomic E-state index is 13.6. The largest absolute Gasteiger partial charge is 0.469 e. The van der Waals surface area contributed by atoms with Crippen LogP contribution in [0.3, 0.4) is 0 Å². The lowest BCUT2D eigenvalue weighted by Gasteiger charge is -2.14. The molecule has 7 nitrogen and oxygen atoms in total. The number of oxime groups is 1. The van der Waals surface area contributed by atoms with Crippen LogP contribution in [0.5, 0.6) is 0 Å². The second-order valence-electron chi connectivity index (χ2n) is 8.91. The molecule has 0 aliphatic carbocycles. The zero-order valence-corrected chi connectivity index (χ0v) is 20.4. The first-order valence-electron chi connectivity index (χ1n) is 12.2. The second-order valence-corrected chi connectivity index (χ2v) is 8.91. The molecule has 5 rings (SSSR count). The number of unbranched alkanes of at least 4 members (excludes halogenated alkanes) is 1. The van der Waals surface area contributed by atoms with E-state index in [0.29, 0.717) is 48.1 Å². The number of hydrogen-bond acceptors (Lipinski definition) is 6. The third-order valence-electron chi connectivity index (χ3n) is 6.46. The summed E-state index contributed by atoms with van der Waals surface area (Å²) in [6.45, 7) is 0. The number of carbonyl (C=O) groups excluding carboxylic acids is 1. The van der Waals surface area contributed by atoms with Gasteiger partial charge in [-0.1, -0.05) is 41.6 Å². The zero-order valence-electron chi connectivity index (χ0n) is 20.4. The molecule has 8 heteroatoms. The van der Waals surface area contributed by atoms with Crippen LogP contribution in [0.25, 0.3) is 16.6 Å². The van der Waals surface area contributed by atoms with E-state index in [9.17, 15) is 14.0 Å². The van der Waals surface area contributed by atoms with E-state index in [4.69, 9.17) is 14.6 Å². The molecule has 1 aliphatic rings. The van der Waals surface area contributed by atoms with Crippen LogP contribution in [-0.4, -0.2) is 28.3 Å². The maximum absolute atomic E-state index is 13.6. The molecule has 0 fully saturated rings. The van der Waals surface area contributed by atoms with Crippen LogP contribution < -0.4 is 5.56 Å². The van der Waals surface area contributed by atoms with E-state index in [0.717, 1.165) is 16.8 Å². The molecule has 0 saturated carbocycles. The van der Waals surface area contributed by atoms with Gasteiger partial charge >= 0.3 is 5.97 Å². The summed E-state index contributed by atoms with van der Waals surface area (Å²) in [6.07, 6.45) is 2.44. The van der Waals surface area contributed by atoms with Crippen LogP contribution >= 0.6 is 0 Å². The van der Waals surface area contributed by atoms with Gasteiger partial charge in [-0.05, 0) is 54.8 Å². The Labute approximate surface area is 213 Å². The summed E-state index contributed by atoms with van der Waals surface area (Å²) in [5, 5.41) is 4.75. The van der Waals surface area contributed by atoms with E-state index in [1.165, 1.54) is 23.8 Å². The molecule has 1 atom stereocenters. The highest BCUT2D eigenvalue weighted by Gasteiger charge is 2.24. The van der Waals surface area contributed by atoms with E-state index in [1.54, 1.807) is 18.2 Å². The first-order valence-corrected chi connectivity index (χ1v) is 12.2. The van der Waals surface area contributed by atoms with Gasteiger partial charge in [-0.2, -0.15) is 0 Å². The Morgan fingerprint density at radius 3 is 2.62 bits per heavy atom. The minimum Gasteiger partial charge on any atom is -0.469 e. The summed E-state index contributed by atoms with van der Waals surface area (Å²) in [5.41, 5.74) is 3.53. The number of nitrogens with zero attached hydrogens (tertiary/aromatic N) is 3. The first kappa shape index (κ1) is 24.4. The van der Waals surface area contributed by atoms with Crippen molar-refractivity contribution >= 4 is 22.6 Å². The molecule has 3 aromatic carbocycles. The van der Waals surface area contributed by atoms with Gasteiger partial charge in [0.25, 0.3) is 5.56 Å². The molecule has 1 unspecified atom stereocenters. The van der Waals surface area contributed by atoms with Gasteiger partial charge in [0.05, 0.1) is 29.4 Å². The normalized spacial score (nSPS) is 14.9. The van der Waals surface area contributed by atoms with Crippen molar-refractivity contribution in [3.63, 3.8) is 0 Å². The number of halogens is 1. The Morgan fingerprint density at radius 2 is 1.86 bits per heavy atom. The summed E-state index contributed by atoms with van der Waals surface area (Å²) in [6, 6.07) is 21.1. The molecule has 0 amide bonds. The fraction of sp³-hybridized carbons (Fsp3) is 0.241. The zero-order chi connectivity index (χ0) is 25.8. The molecule has 0 radical (unpaired) electrons. The van der Waals surface area contributed by atoms with Crippen LogP contribution in [-0.2, 0) is 20.8 Å². The molecule has 188 valence electrons. The minimum atomic E-state index is -0.386. The number of benzene rings is 3. The molecule has 37 heavy (non-hydrogen) atoms.